The van der Waals surface area contributed by atoms with E-state index in [1.165, 1.54) is 7.11 Å². The Kier molecular flexibility index (Phi) is 4.90. The van der Waals surface area contributed by atoms with E-state index in [0.29, 0.717) is 23.6 Å². The summed E-state index contributed by atoms with van der Waals surface area (Å²) < 4.78 is 15.3. The number of esters is 1. The van der Waals surface area contributed by atoms with E-state index < -0.39 is 0 Å². The quantitative estimate of drug-likeness (QED) is 0.779. The molecule has 1 heterocycles. The summed E-state index contributed by atoms with van der Waals surface area (Å²) in [7, 11) is 1.35. The van der Waals surface area contributed by atoms with Crippen LogP contribution in [0, 0.1) is 5.92 Å². The molecule has 0 saturated carbocycles. The topological polar surface area (TPSA) is 65.1 Å². The van der Waals surface area contributed by atoms with E-state index in [1.54, 1.807) is 30.0 Å². The minimum absolute atomic E-state index is 0.0370. The molecular formula is C16H21NO5. The number of rotatable bonds is 5. The van der Waals surface area contributed by atoms with Crippen molar-refractivity contribution in [2.75, 3.05) is 20.4 Å². The van der Waals surface area contributed by atoms with Gasteiger partial charge in [0.2, 0.25) is 6.79 Å². The molecule has 2 rings (SSSR count). The lowest BCUT2D eigenvalue weighted by Gasteiger charge is -2.29. The summed E-state index contributed by atoms with van der Waals surface area (Å²) in [5.41, 5.74) is 0.509. The highest BCUT2D eigenvalue weighted by molar-refractivity contribution is 5.95. The number of amides is 1. The maximum atomic E-state index is 12.7. The van der Waals surface area contributed by atoms with Gasteiger partial charge >= 0.3 is 5.97 Å². The van der Waals surface area contributed by atoms with Gasteiger partial charge < -0.3 is 19.1 Å². The third-order valence-corrected chi connectivity index (χ3v) is 3.58. The maximum Gasteiger partial charge on any atom is 0.310 e. The lowest BCUT2D eigenvalue weighted by Crippen LogP contribution is -2.41. The first kappa shape index (κ1) is 16.1. The van der Waals surface area contributed by atoms with Crippen molar-refractivity contribution in [3.8, 4) is 11.5 Å². The van der Waals surface area contributed by atoms with Gasteiger partial charge in [-0.15, -0.1) is 0 Å². The van der Waals surface area contributed by atoms with Gasteiger partial charge in [-0.3, -0.25) is 9.59 Å². The maximum absolute atomic E-state index is 12.7. The molecule has 1 amide bonds. The Morgan fingerprint density at radius 2 is 1.91 bits per heavy atom. The molecular weight excluding hydrogens is 286 g/mol. The number of hydrogen-bond acceptors (Lipinski definition) is 5. The smallest absolute Gasteiger partial charge is 0.310 e. The van der Waals surface area contributed by atoms with Crippen molar-refractivity contribution in [1.29, 1.82) is 0 Å². The normalized spacial score (nSPS) is 13.9. The molecule has 0 bridgehead atoms. The van der Waals surface area contributed by atoms with Crippen LogP contribution in [0.4, 0.5) is 0 Å². The summed E-state index contributed by atoms with van der Waals surface area (Å²) >= 11 is 0. The lowest BCUT2D eigenvalue weighted by molar-refractivity contribution is -0.145. The van der Waals surface area contributed by atoms with Crippen LogP contribution in [0.25, 0.3) is 0 Å². The zero-order valence-corrected chi connectivity index (χ0v) is 13.3. The summed E-state index contributed by atoms with van der Waals surface area (Å²) in [5, 5.41) is 0. The Bertz CT molecular complexity index is 570. The minimum atomic E-state index is -0.384. The molecule has 0 spiro atoms. The zero-order chi connectivity index (χ0) is 16.3. The van der Waals surface area contributed by atoms with Gasteiger partial charge in [-0.25, -0.2) is 0 Å². The predicted octanol–water partition coefficient (Wildman–Crippen LogP) is 2.08. The fourth-order valence-corrected chi connectivity index (χ4v) is 2.29. The van der Waals surface area contributed by atoms with Crippen molar-refractivity contribution in [3.63, 3.8) is 0 Å². The van der Waals surface area contributed by atoms with Gasteiger partial charge in [0.15, 0.2) is 11.5 Å². The van der Waals surface area contributed by atoms with Crippen molar-refractivity contribution in [2.24, 2.45) is 5.92 Å². The Balaban J connectivity index is 2.17. The van der Waals surface area contributed by atoms with Gasteiger partial charge in [0.1, 0.15) is 0 Å². The van der Waals surface area contributed by atoms with Gasteiger partial charge in [0, 0.05) is 18.2 Å². The molecule has 1 atom stereocenters. The molecule has 120 valence electrons. The van der Waals surface area contributed by atoms with Gasteiger partial charge in [-0.2, -0.15) is 0 Å². The van der Waals surface area contributed by atoms with E-state index in [0.717, 1.165) is 0 Å². The van der Waals surface area contributed by atoms with E-state index in [1.807, 2.05) is 13.8 Å². The van der Waals surface area contributed by atoms with Crippen molar-refractivity contribution in [3.05, 3.63) is 23.8 Å². The number of ether oxygens (including phenoxy) is 3. The largest absolute Gasteiger partial charge is 0.469 e. The molecule has 1 aliphatic heterocycles. The standard InChI is InChI=1S/C16H21NO5/c1-10(2)17(8-11(3)16(19)20-4)15(18)12-5-6-13-14(7-12)22-9-21-13/h5-7,10-11H,8-9H2,1-4H3. The van der Waals surface area contributed by atoms with Crippen LogP contribution in [0.2, 0.25) is 0 Å². The Labute approximate surface area is 129 Å². The first-order chi connectivity index (χ1) is 10.4. The van der Waals surface area contributed by atoms with Crippen molar-refractivity contribution in [2.45, 2.75) is 26.8 Å². The zero-order valence-electron chi connectivity index (χ0n) is 13.3. The number of benzene rings is 1. The molecule has 1 aromatic carbocycles. The van der Waals surface area contributed by atoms with Crippen molar-refractivity contribution in [1.82, 2.24) is 4.90 Å². The summed E-state index contributed by atoms with van der Waals surface area (Å²) in [5.74, 6) is 0.338. The molecule has 1 unspecified atom stereocenters. The van der Waals surface area contributed by atoms with Crippen LogP contribution in [-0.4, -0.2) is 43.3 Å². The van der Waals surface area contributed by atoms with E-state index in [4.69, 9.17) is 14.2 Å². The van der Waals surface area contributed by atoms with Gasteiger partial charge in [-0.05, 0) is 32.0 Å². The SMILES string of the molecule is COC(=O)C(C)CN(C(=O)c1ccc2c(c1)OCO2)C(C)C. The predicted molar refractivity (Wildman–Crippen MR) is 79.9 cm³/mol. The van der Waals surface area contributed by atoms with E-state index in [2.05, 4.69) is 0 Å². The highest BCUT2D eigenvalue weighted by Crippen LogP contribution is 2.33. The number of carbonyl (C=O) groups is 2. The fraction of sp³-hybridized carbons (Fsp3) is 0.500. The molecule has 0 saturated heterocycles. The Morgan fingerprint density at radius 3 is 2.55 bits per heavy atom. The molecule has 6 nitrogen and oxygen atoms in total. The monoisotopic (exact) mass is 307 g/mol. The van der Waals surface area contributed by atoms with Crippen molar-refractivity contribution >= 4 is 11.9 Å². The van der Waals surface area contributed by atoms with Gasteiger partial charge in [-0.1, -0.05) is 6.92 Å². The average Bonchev–Trinajstić information content (AvgIpc) is 2.97. The molecule has 0 aromatic heterocycles. The number of fused-ring (bicyclic) bond motifs is 1. The van der Waals surface area contributed by atoms with Crippen LogP contribution in [-0.2, 0) is 9.53 Å². The number of methoxy groups -OCH3 is 1. The third-order valence-electron chi connectivity index (χ3n) is 3.58. The highest BCUT2D eigenvalue weighted by atomic mass is 16.7. The molecule has 1 aliphatic rings. The van der Waals surface area contributed by atoms with Gasteiger partial charge in [0.25, 0.3) is 5.91 Å². The minimum Gasteiger partial charge on any atom is -0.469 e. The summed E-state index contributed by atoms with van der Waals surface area (Å²) in [4.78, 5) is 25.9. The molecule has 1 aromatic rings. The number of nitrogens with zero attached hydrogens (tertiary/aromatic N) is 1. The van der Waals surface area contributed by atoms with Crippen LogP contribution in [0.3, 0.4) is 0 Å². The second-order valence-electron chi connectivity index (χ2n) is 5.54. The highest BCUT2D eigenvalue weighted by Gasteiger charge is 2.26. The second-order valence-corrected chi connectivity index (χ2v) is 5.54. The fourth-order valence-electron chi connectivity index (χ4n) is 2.29. The summed E-state index contributed by atoms with van der Waals surface area (Å²) in [6, 6.07) is 5.05. The Hall–Kier alpha value is -2.24. The van der Waals surface area contributed by atoms with Crippen LogP contribution in [0.5, 0.6) is 11.5 Å². The van der Waals surface area contributed by atoms with Crippen LogP contribution in [0.15, 0.2) is 18.2 Å². The van der Waals surface area contributed by atoms with Crippen molar-refractivity contribution < 1.29 is 23.8 Å². The third kappa shape index (κ3) is 3.32. The molecule has 0 aliphatic carbocycles. The number of carbonyl (C=O) groups excluding carboxylic acids is 2. The second kappa shape index (κ2) is 6.68. The van der Waals surface area contributed by atoms with Crippen LogP contribution < -0.4 is 9.47 Å². The molecule has 0 radical (unpaired) electrons. The first-order valence-electron chi connectivity index (χ1n) is 7.22. The van der Waals surface area contributed by atoms with E-state index in [-0.39, 0.29) is 30.6 Å². The molecule has 0 N–H and O–H groups in total. The van der Waals surface area contributed by atoms with Gasteiger partial charge in [0.05, 0.1) is 13.0 Å². The van der Waals surface area contributed by atoms with E-state index >= 15 is 0 Å². The average molecular weight is 307 g/mol. The first-order valence-corrected chi connectivity index (χ1v) is 7.22. The Morgan fingerprint density at radius 1 is 1.23 bits per heavy atom. The lowest BCUT2D eigenvalue weighted by atomic mass is 10.1. The molecule has 6 heteroatoms. The summed E-state index contributed by atoms with van der Waals surface area (Å²) in [6.07, 6.45) is 0. The van der Waals surface area contributed by atoms with E-state index in [9.17, 15) is 9.59 Å². The molecule has 0 fully saturated rings. The van der Waals surface area contributed by atoms with Crippen LogP contribution >= 0.6 is 0 Å². The molecule has 22 heavy (non-hydrogen) atoms. The van der Waals surface area contributed by atoms with Crippen LogP contribution in [0.1, 0.15) is 31.1 Å². The number of hydrogen-bond donors (Lipinski definition) is 0. The summed E-state index contributed by atoms with van der Waals surface area (Å²) in [6.45, 7) is 6.04.